The van der Waals surface area contributed by atoms with Crippen LogP contribution >= 0.6 is 0 Å². The number of nitrogens with zero attached hydrogens (tertiary/aromatic N) is 5. The summed E-state index contributed by atoms with van der Waals surface area (Å²) in [6.07, 6.45) is 5.59. The smallest absolute Gasteiger partial charge is 0.328 e. The van der Waals surface area contributed by atoms with Crippen molar-refractivity contribution in [3.63, 3.8) is 0 Å². The van der Waals surface area contributed by atoms with Crippen molar-refractivity contribution in [2.24, 2.45) is 4.99 Å². The first-order chi connectivity index (χ1) is 16.4. The van der Waals surface area contributed by atoms with Crippen molar-refractivity contribution in [2.45, 2.75) is 12.8 Å². The maximum Gasteiger partial charge on any atom is 0.328 e. The highest BCUT2D eigenvalue weighted by Gasteiger charge is 2.19. The Labute approximate surface area is 196 Å². The summed E-state index contributed by atoms with van der Waals surface area (Å²) in [4.78, 5) is 36.5. The van der Waals surface area contributed by atoms with Gasteiger partial charge in [0.15, 0.2) is 5.82 Å². The average molecular weight is 471 g/mol. The number of para-hydroxylation sites is 1. The van der Waals surface area contributed by atoms with Gasteiger partial charge in [-0.05, 0) is 18.1 Å². The molecule has 10 nitrogen and oxygen atoms in total. The van der Waals surface area contributed by atoms with Gasteiger partial charge in [0.2, 0.25) is 5.95 Å². The largest absolute Gasteiger partial charge is 0.478 e. The Morgan fingerprint density at radius 2 is 1.68 bits per heavy atom. The molecule has 0 aliphatic carbocycles. The molecule has 0 radical (unpaired) electrons. The van der Waals surface area contributed by atoms with Crippen LogP contribution in [0, 0.1) is 5.82 Å². The number of aliphatic imine (C=N–C) groups is 1. The van der Waals surface area contributed by atoms with Gasteiger partial charge in [-0.3, -0.25) is 9.89 Å². The topological polar surface area (TPSA) is 131 Å². The fraction of sp³-hybridized carbons (Fsp3) is 0.348. The van der Waals surface area contributed by atoms with Crippen molar-refractivity contribution in [3.8, 4) is 0 Å². The normalized spacial score (nSPS) is 17.0. The van der Waals surface area contributed by atoms with E-state index in [1.54, 1.807) is 0 Å². The highest BCUT2D eigenvalue weighted by atomic mass is 19.1. The molecule has 0 bridgehead atoms. The monoisotopic (exact) mass is 470 g/mol. The lowest BCUT2D eigenvalue weighted by Crippen LogP contribution is -2.47. The number of rotatable bonds is 6. The number of aryl methyl sites for hydroxylation is 1. The van der Waals surface area contributed by atoms with Crippen molar-refractivity contribution in [2.75, 3.05) is 49.5 Å². The molecule has 3 N–H and O–H groups in total. The van der Waals surface area contributed by atoms with E-state index in [2.05, 4.69) is 49.4 Å². The second-order valence-electron chi connectivity index (χ2n) is 7.65. The minimum atomic E-state index is -1.26. The quantitative estimate of drug-likeness (QED) is 0.542. The fourth-order valence-corrected chi connectivity index (χ4v) is 3.56. The van der Waals surface area contributed by atoms with Crippen LogP contribution in [-0.2, 0) is 16.0 Å². The number of nitrogens with one attached hydrogen (secondary N) is 1. The molecule has 2 aromatic rings. The second kappa shape index (κ2) is 12.4. The van der Waals surface area contributed by atoms with Crippen molar-refractivity contribution < 1.29 is 24.2 Å². The number of anilines is 2. The molecule has 1 fully saturated rings. The number of piperazine rings is 1. The molecule has 1 aromatic heterocycles. The Balaban J connectivity index is 0.000000350. The lowest BCUT2D eigenvalue weighted by atomic mass is 10.0. The molecule has 0 atom stereocenters. The first kappa shape index (κ1) is 24.8. The highest BCUT2D eigenvalue weighted by molar-refractivity contribution is 5.98. The maximum absolute atomic E-state index is 12.9. The number of aliphatic carboxylic acids is 2. The number of hydrogen-bond donors (Lipinski definition) is 3. The third-order valence-electron chi connectivity index (χ3n) is 5.28. The molecule has 0 spiro atoms. The van der Waals surface area contributed by atoms with Gasteiger partial charge in [-0.1, -0.05) is 18.2 Å². The van der Waals surface area contributed by atoms with Gasteiger partial charge < -0.3 is 20.4 Å². The lowest BCUT2D eigenvalue weighted by Gasteiger charge is -2.34. The number of fused-ring (bicyclic) bond motifs is 1. The number of hydrogen-bond acceptors (Lipinski definition) is 7. The number of aromatic nitrogens is 2. The summed E-state index contributed by atoms with van der Waals surface area (Å²) in [5.41, 5.74) is 2.55. The van der Waals surface area contributed by atoms with E-state index in [0.29, 0.717) is 18.1 Å². The molecule has 11 heteroatoms. The number of halogens is 1. The Hall–Kier alpha value is -3.86. The van der Waals surface area contributed by atoms with E-state index in [4.69, 9.17) is 15.2 Å². The van der Waals surface area contributed by atoms with Gasteiger partial charge in [0, 0.05) is 57.0 Å². The third-order valence-corrected chi connectivity index (χ3v) is 5.28. The standard InChI is InChI=1S/C19H23FN6.C4H4O4/c20-16-13-22-19(23-14-16)26-11-9-25(10-12-26)8-7-21-18-6-5-15-3-1-2-4-17(15)24-18;5-3(6)1-2-4(7)8/h1-4,13-14H,5-12H2,(H,21,24);1-2H,(H,5,6)(H,7,8). The van der Waals surface area contributed by atoms with Gasteiger partial charge in [-0.2, -0.15) is 0 Å². The molecule has 180 valence electrons. The Morgan fingerprint density at radius 3 is 2.32 bits per heavy atom. The van der Waals surface area contributed by atoms with Crippen molar-refractivity contribution >= 4 is 29.4 Å². The Bertz CT molecular complexity index is 1020. The molecule has 4 rings (SSSR count). The van der Waals surface area contributed by atoms with Crippen LogP contribution in [0.5, 0.6) is 0 Å². The van der Waals surface area contributed by atoms with E-state index in [1.807, 2.05) is 0 Å². The number of carboxylic acid groups (broad SMARTS) is 2. The van der Waals surface area contributed by atoms with Gasteiger partial charge in [0.05, 0.1) is 18.9 Å². The number of carboxylic acids is 2. The minimum Gasteiger partial charge on any atom is -0.478 e. The summed E-state index contributed by atoms with van der Waals surface area (Å²) in [6.45, 7) is 5.36. The van der Waals surface area contributed by atoms with Crippen LogP contribution in [-0.4, -0.2) is 82.1 Å². The van der Waals surface area contributed by atoms with E-state index in [-0.39, 0.29) is 0 Å². The van der Waals surface area contributed by atoms with E-state index in [9.17, 15) is 14.0 Å². The van der Waals surface area contributed by atoms with Crippen LogP contribution < -0.4 is 10.2 Å². The van der Waals surface area contributed by atoms with E-state index in [1.165, 1.54) is 23.6 Å². The fourth-order valence-electron chi connectivity index (χ4n) is 3.56. The van der Waals surface area contributed by atoms with Crippen molar-refractivity contribution in [3.05, 3.63) is 60.2 Å². The highest BCUT2D eigenvalue weighted by Crippen LogP contribution is 2.21. The van der Waals surface area contributed by atoms with Crippen LogP contribution in [0.4, 0.5) is 16.0 Å². The Morgan fingerprint density at radius 1 is 1.03 bits per heavy atom. The summed E-state index contributed by atoms with van der Waals surface area (Å²) in [5.74, 6) is -1.22. The number of benzene rings is 1. The summed E-state index contributed by atoms with van der Waals surface area (Å²) in [6, 6.07) is 8.42. The Kier molecular flexibility index (Phi) is 9.04. The zero-order valence-electron chi connectivity index (χ0n) is 18.6. The molecule has 0 amide bonds. The zero-order valence-corrected chi connectivity index (χ0v) is 18.6. The third kappa shape index (κ3) is 7.93. The molecule has 0 saturated carbocycles. The maximum atomic E-state index is 12.9. The van der Waals surface area contributed by atoms with Gasteiger partial charge in [-0.25, -0.2) is 23.9 Å². The van der Waals surface area contributed by atoms with Crippen LogP contribution in [0.25, 0.3) is 0 Å². The molecule has 2 aliphatic heterocycles. The summed E-state index contributed by atoms with van der Waals surface area (Å²) in [7, 11) is 0. The molecule has 1 saturated heterocycles. The predicted octanol–water partition coefficient (Wildman–Crippen LogP) is 1.91. The SMILES string of the molecule is Fc1cnc(N2CCN(CCN=C3CCc4ccccc4N3)CC2)nc1.O=C(O)C=CC(=O)O. The number of carbonyl (C=O) groups is 2. The second-order valence-corrected chi connectivity index (χ2v) is 7.65. The molecular weight excluding hydrogens is 443 g/mol. The van der Waals surface area contributed by atoms with E-state index in [0.717, 1.165) is 57.9 Å². The molecule has 2 aliphatic rings. The summed E-state index contributed by atoms with van der Waals surface area (Å²) < 4.78 is 12.9. The zero-order chi connectivity index (χ0) is 24.3. The van der Waals surface area contributed by atoms with Crippen molar-refractivity contribution in [1.82, 2.24) is 14.9 Å². The first-order valence-corrected chi connectivity index (χ1v) is 10.9. The van der Waals surface area contributed by atoms with Crippen LogP contribution in [0.2, 0.25) is 0 Å². The predicted molar refractivity (Wildman–Crippen MR) is 126 cm³/mol. The average Bonchev–Trinajstić information content (AvgIpc) is 2.84. The van der Waals surface area contributed by atoms with E-state index < -0.39 is 17.8 Å². The van der Waals surface area contributed by atoms with E-state index >= 15 is 0 Å². The van der Waals surface area contributed by atoms with Gasteiger partial charge in [0.25, 0.3) is 0 Å². The number of amidine groups is 1. The van der Waals surface area contributed by atoms with Gasteiger partial charge in [0.1, 0.15) is 5.84 Å². The lowest BCUT2D eigenvalue weighted by molar-refractivity contribution is -0.134. The van der Waals surface area contributed by atoms with Gasteiger partial charge >= 0.3 is 11.9 Å². The van der Waals surface area contributed by atoms with Gasteiger partial charge in [-0.15, -0.1) is 0 Å². The molecular formula is C23H27FN6O4. The molecule has 3 heterocycles. The minimum absolute atomic E-state index is 0.398. The van der Waals surface area contributed by atoms with Crippen molar-refractivity contribution in [1.29, 1.82) is 0 Å². The summed E-state index contributed by atoms with van der Waals surface area (Å²) >= 11 is 0. The molecule has 0 unspecified atom stereocenters. The first-order valence-electron chi connectivity index (χ1n) is 10.9. The van der Waals surface area contributed by atoms with Crippen LogP contribution in [0.15, 0.2) is 53.8 Å². The summed E-state index contributed by atoms with van der Waals surface area (Å²) in [5, 5.41) is 19.1. The molecule has 34 heavy (non-hydrogen) atoms. The molecule has 1 aromatic carbocycles. The van der Waals surface area contributed by atoms with Crippen LogP contribution in [0.1, 0.15) is 12.0 Å². The van der Waals surface area contributed by atoms with Crippen LogP contribution in [0.3, 0.4) is 0 Å².